The lowest BCUT2D eigenvalue weighted by Gasteiger charge is -2.43. The molecule has 0 aliphatic heterocycles. The van der Waals surface area contributed by atoms with Crippen molar-refractivity contribution >= 4 is 23.6 Å². The lowest BCUT2D eigenvalue weighted by Crippen LogP contribution is -2.59. The van der Waals surface area contributed by atoms with E-state index in [4.69, 9.17) is 4.74 Å². The van der Waals surface area contributed by atoms with Crippen molar-refractivity contribution in [1.29, 1.82) is 0 Å². The third-order valence-corrected chi connectivity index (χ3v) is 5.76. The molecule has 37 heavy (non-hydrogen) atoms. The summed E-state index contributed by atoms with van der Waals surface area (Å²) in [5.74, 6) is -1.01. The second kappa shape index (κ2) is 11.8. The molecule has 0 aliphatic carbocycles. The van der Waals surface area contributed by atoms with E-state index < -0.39 is 47.7 Å². The van der Waals surface area contributed by atoms with Gasteiger partial charge in [-0.15, -0.1) is 0 Å². The molecule has 3 amide bonds. The molecule has 0 aromatic heterocycles. The summed E-state index contributed by atoms with van der Waals surface area (Å²) in [5, 5.41) is 15.6. The predicted molar refractivity (Wildman–Crippen MR) is 145 cm³/mol. The fourth-order valence-electron chi connectivity index (χ4n) is 4.02. The molecule has 0 fully saturated rings. The third-order valence-electron chi connectivity index (χ3n) is 5.76. The Labute approximate surface area is 220 Å². The molecule has 8 nitrogen and oxygen atoms in total. The van der Waals surface area contributed by atoms with Crippen LogP contribution in [0.4, 0.5) is 10.5 Å². The number of para-hydroxylation sites is 1. The number of rotatable bonds is 7. The third kappa shape index (κ3) is 8.05. The standard InChI is InChI=1S/C29H41N3O5/c1-18-13-15-21(16-14-18)24(25(34)31-23-19(2)11-10-12-20(23)3)32(28(4,5)6)26(35)22(17-33)30-27(36)37-29(7,8)9/h10-16,22,24,33H,17H2,1-9H3,(H,30,36)(H,31,34). The number of carbonyl (C=O) groups excluding carboxylic acids is 3. The number of anilines is 1. The topological polar surface area (TPSA) is 108 Å². The molecule has 2 aromatic carbocycles. The lowest BCUT2D eigenvalue weighted by atomic mass is 9.94. The van der Waals surface area contributed by atoms with Crippen LogP contribution in [0, 0.1) is 20.8 Å². The highest BCUT2D eigenvalue weighted by Gasteiger charge is 2.42. The highest BCUT2D eigenvalue weighted by molar-refractivity contribution is 6.00. The fraction of sp³-hybridized carbons (Fsp3) is 0.483. The van der Waals surface area contributed by atoms with Crippen LogP contribution in [-0.2, 0) is 14.3 Å². The summed E-state index contributed by atoms with van der Waals surface area (Å²) in [7, 11) is 0. The van der Waals surface area contributed by atoms with E-state index in [2.05, 4.69) is 10.6 Å². The van der Waals surface area contributed by atoms with Crippen LogP contribution in [0.5, 0.6) is 0 Å². The van der Waals surface area contributed by atoms with E-state index >= 15 is 0 Å². The van der Waals surface area contributed by atoms with Crippen molar-refractivity contribution in [3.8, 4) is 0 Å². The second-order valence-electron chi connectivity index (χ2n) is 11.3. The molecule has 0 radical (unpaired) electrons. The van der Waals surface area contributed by atoms with Crippen LogP contribution >= 0.6 is 0 Å². The number of amides is 3. The monoisotopic (exact) mass is 511 g/mol. The first-order valence-electron chi connectivity index (χ1n) is 12.4. The van der Waals surface area contributed by atoms with Gasteiger partial charge in [-0.2, -0.15) is 0 Å². The number of aliphatic hydroxyl groups is 1. The zero-order chi connectivity index (χ0) is 28.1. The van der Waals surface area contributed by atoms with Gasteiger partial charge in [-0.25, -0.2) is 4.79 Å². The molecule has 0 saturated heterocycles. The van der Waals surface area contributed by atoms with Crippen LogP contribution in [0.15, 0.2) is 42.5 Å². The number of nitrogens with one attached hydrogen (secondary N) is 2. The van der Waals surface area contributed by atoms with E-state index in [9.17, 15) is 19.5 Å². The van der Waals surface area contributed by atoms with Crippen LogP contribution in [0.3, 0.4) is 0 Å². The van der Waals surface area contributed by atoms with Crippen molar-refractivity contribution in [3.05, 3.63) is 64.7 Å². The van der Waals surface area contributed by atoms with Gasteiger partial charge in [0.05, 0.1) is 6.61 Å². The Morgan fingerprint density at radius 3 is 1.92 bits per heavy atom. The Bertz CT molecular complexity index is 1090. The lowest BCUT2D eigenvalue weighted by molar-refractivity contribution is -0.147. The smallest absolute Gasteiger partial charge is 0.408 e. The molecule has 0 heterocycles. The molecule has 202 valence electrons. The summed E-state index contributed by atoms with van der Waals surface area (Å²) in [6.45, 7) is 15.6. The van der Waals surface area contributed by atoms with Crippen LogP contribution in [0.1, 0.15) is 69.8 Å². The normalized spacial score (nSPS) is 13.4. The number of ether oxygens (including phenoxy) is 1. The maximum atomic E-state index is 13.9. The van der Waals surface area contributed by atoms with E-state index in [0.29, 0.717) is 11.3 Å². The zero-order valence-electron chi connectivity index (χ0n) is 23.4. The molecular formula is C29H41N3O5. The number of carbonyl (C=O) groups is 3. The molecule has 2 rings (SSSR count). The van der Waals surface area contributed by atoms with Crippen LogP contribution in [-0.4, -0.2) is 51.7 Å². The minimum absolute atomic E-state index is 0.404. The molecule has 0 bridgehead atoms. The average molecular weight is 512 g/mol. The van der Waals surface area contributed by atoms with Gasteiger partial charge in [0.2, 0.25) is 5.91 Å². The van der Waals surface area contributed by atoms with Gasteiger partial charge >= 0.3 is 6.09 Å². The molecule has 2 atom stereocenters. The average Bonchev–Trinajstić information content (AvgIpc) is 2.76. The van der Waals surface area contributed by atoms with Gasteiger partial charge in [0.25, 0.3) is 5.91 Å². The van der Waals surface area contributed by atoms with Crippen LogP contribution < -0.4 is 10.6 Å². The Balaban J connectivity index is 2.56. The summed E-state index contributed by atoms with van der Waals surface area (Å²) >= 11 is 0. The quantitative estimate of drug-likeness (QED) is 0.495. The van der Waals surface area contributed by atoms with Crippen molar-refractivity contribution in [2.24, 2.45) is 0 Å². The van der Waals surface area contributed by atoms with Crippen LogP contribution in [0.2, 0.25) is 0 Å². The van der Waals surface area contributed by atoms with E-state index in [0.717, 1.165) is 16.7 Å². The number of benzene rings is 2. The minimum atomic E-state index is -1.31. The summed E-state index contributed by atoms with van der Waals surface area (Å²) in [5.41, 5.74) is 2.43. The van der Waals surface area contributed by atoms with Gasteiger partial charge in [0, 0.05) is 11.2 Å². The number of aryl methyl sites for hydroxylation is 3. The highest BCUT2D eigenvalue weighted by atomic mass is 16.6. The Morgan fingerprint density at radius 2 is 1.46 bits per heavy atom. The molecule has 0 aliphatic rings. The van der Waals surface area contributed by atoms with Gasteiger partial charge in [0.1, 0.15) is 17.7 Å². The number of hydrogen-bond acceptors (Lipinski definition) is 5. The molecule has 3 N–H and O–H groups in total. The van der Waals surface area contributed by atoms with E-state index in [-0.39, 0.29) is 0 Å². The molecule has 0 saturated carbocycles. The first kappa shape index (κ1) is 29.8. The Morgan fingerprint density at radius 1 is 0.919 bits per heavy atom. The summed E-state index contributed by atoms with van der Waals surface area (Å²) in [6.07, 6.45) is -0.833. The molecule has 0 spiro atoms. The van der Waals surface area contributed by atoms with Crippen molar-refractivity contribution < 1.29 is 24.2 Å². The second-order valence-corrected chi connectivity index (χ2v) is 11.3. The minimum Gasteiger partial charge on any atom is -0.444 e. The van der Waals surface area contributed by atoms with Crippen molar-refractivity contribution in [2.45, 2.75) is 85.5 Å². The molecule has 8 heteroatoms. The molecule has 2 aromatic rings. The predicted octanol–water partition coefficient (Wildman–Crippen LogP) is 4.80. The fourth-order valence-corrected chi connectivity index (χ4v) is 4.02. The number of nitrogens with zero attached hydrogens (tertiary/aromatic N) is 1. The first-order valence-corrected chi connectivity index (χ1v) is 12.4. The number of alkyl carbamates (subject to hydrolysis) is 1. The Kier molecular flexibility index (Phi) is 9.49. The highest BCUT2D eigenvalue weighted by Crippen LogP contribution is 2.32. The van der Waals surface area contributed by atoms with Crippen molar-refractivity contribution in [3.63, 3.8) is 0 Å². The van der Waals surface area contributed by atoms with Gasteiger partial charge in [0.15, 0.2) is 0 Å². The van der Waals surface area contributed by atoms with Gasteiger partial charge in [-0.1, -0.05) is 48.0 Å². The number of hydrogen-bond donors (Lipinski definition) is 3. The van der Waals surface area contributed by atoms with Crippen molar-refractivity contribution in [1.82, 2.24) is 10.2 Å². The van der Waals surface area contributed by atoms with Gasteiger partial charge in [-0.3, -0.25) is 9.59 Å². The largest absolute Gasteiger partial charge is 0.444 e. The maximum absolute atomic E-state index is 13.9. The van der Waals surface area contributed by atoms with E-state index in [1.54, 1.807) is 41.5 Å². The van der Waals surface area contributed by atoms with Crippen molar-refractivity contribution in [2.75, 3.05) is 11.9 Å². The summed E-state index contributed by atoms with van der Waals surface area (Å²) < 4.78 is 5.29. The first-order chi connectivity index (χ1) is 17.0. The summed E-state index contributed by atoms with van der Waals surface area (Å²) in [4.78, 5) is 41.7. The zero-order valence-corrected chi connectivity index (χ0v) is 23.4. The maximum Gasteiger partial charge on any atom is 0.408 e. The van der Waals surface area contributed by atoms with E-state index in [1.165, 1.54) is 4.90 Å². The summed E-state index contributed by atoms with van der Waals surface area (Å²) in [6, 6.07) is 10.8. The SMILES string of the molecule is Cc1ccc(C(C(=O)Nc2c(C)cccc2C)N(C(=O)C(CO)NC(=O)OC(C)(C)C)C(C)(C)C)cc1. The Hall–Kier alpha value is -3.39. The van der Waals surface area contributed by atoms with Crippen LogP contribution in [0.25, 0.3) is 0 Å². The van der Waals surface area contributed by atoms with Gasteiger partial charge < -0.3 is 25.4 Å². The number of aliphatic hydroxyl groups excluding tert-OH is 1. The molecular weight excluding hydrogens is 470 g/mol. The van der Waals surface area contributed by atoms with Gasteiger partial charge in [-0.05, 0) is 79.0 Å². The molecule has 2 unspecified atom stereocenters. The van der Waals surface area contributed by atoms with E-state index in [1.807, 2.05) is 63.2 Å².